The predicted octanol–water partition coefficient (Wildman–Crippen LogP) is 0.320. The van der Waals surface area contributed by atoms with E-state index in [9.17, 15) is 14.4 Å². The van der Waals surface area contributed by atoms with Crippen molar-refractivity contribution in [1.82, 2.24) is 9.80 Å². The number of hydrogen-bond donors (Lipinski definition) is 1. The van der Waals surface area contributed by atoms with Crippen molar-refractivity contribution >= 4 is 17.8 Å². The lowest BCUT2D eigenvalue weighted by Crippen LogP contribution is -2.39. The van der Waals surface area contributed by atoms with Crippen molar-refractivity contribution in [2.75, 3.05) is 20.1 Å². The molecule has 0 aromatic carbocycles. The molecule has 0 aromatic rings. The van der Waals surface area contributed by atoms with Crippen molar-refractivity contribution in [3.8, 4) is 0 Å². The molecule has 2 amide bonds. The van der Waals surface area contributed by atoms with Gasteiger partial charge in [-0.05, 0) is 12.8 Å². The number of carbonyl (C=O) groups is 3. The molecule has 1 atom stereocenters. The second-order valence-electron chi connectivity index (χ2n) is 5.47. The Hall–Kier alpha value is -1.59. The normalized spacial score (nSPS) is 23.9. The van der Waals surface area contributed by atoms with Gasteiger partial charge < -0.3 is 14.9 Å². The predicted molar refractivity (Wildman–Crippen MR) is 67.3 cm³/mol. The van der Waals surface area contributed by atoms with Gasteiger partial charge in [-0.15, -0.1) is 0 Å². The van der Waals surface area contributed by atoms with Crippen LogP contribution in [0.2, 0.25) is 0 Å². The van der Waals surface area contributed by atoms with E-state index < -0.39 is 5.97 Å². The van der Waals surface area contributed by atoms with Crippen molar-refractivity contribution < 1.29 is 19.5 Å². The van der Waals surface area contributed by atoms with Gasteiger partial charge >= 0.3 is 5.97 Å². The van der Waals surface area contributed by atoms with Gasteiger partial charge in [0.1, 0.15) is 6.54 Å². The number of likely N-dealkylation sites (N-methyl/N-ethyl adjacent to an activating group) is 1. The van der Waals surface area contributed by atoms with Gasteiger partial charge in [0.05, 0.1) is 5.92 Å². The summed E-state index contributed by atoms with van der Waals surface area (Å²) in [5.41, 5.74) is 0. The topological polar surface area (TPSA) is 77.9 Å². The quantitative estimate of drug-likeness (QED) is 0.796. The first-order chi connectivity index (χ1) is 8.99. The van der Waals surface area contributed by atoms with Crippen LogP contribution in [0.25, 0.3) is 0 Å². The number of carboxylic acid groups (broad SMARTS) is 1. The van der Waals surface area contributed by atoms with E-state index in [0.717, 1.165) is 25.7 Å². The lowest BCUT2D eigenvalue weighted by atomic mass is 10.1. The molecule has 19 heavy (non-hydrogen) atoms. The number of likely N-dealkylation sites (tertiary alicyclic amines) is 1. The summed E-state index contributed by atoms with van der Waals surface area (Å²) in [5.74, 6) is -1.62. The van der Waals surface area contributed by atoms with Crippen LogP contribution in [0.15, 0.2) is 0 Å². The van der Waals surface area contributed by atoms with E-state index in [0.29, 0.717) is 6.54 Å². The fourth-order valence-corrected chi connectivity index (χ4v) is 3.06. The Labute approximate surface area is 112 Å². The van der Waals surface area contributed by atoms with E-state index in [1.165, 1.54) is 11.9 Å². The molecule has 1 saturated carbocycles. The van der Waals surface area contributed by atoms with Crippen molar-refractivity contribution in [2.24, 2.45) is 5.92 Å². The van der Waals surface area contributed by atoms with Crippen LogP contribution in [-0.4, -0.2) is 58.9 Å². The maximum atomic E-state index is 12.1. The fourth-order valence-electron chi connectivity index (χ4n) is 3.06. The Morgan fingerprint density at radius 3 is 2.58 bits per heavy atom. The molecule has 1 heterocycles. The van der Waals surface area contributed by atoms with Gasteiger partial charge in [0.15, 0.2) is 0 Å². The van der Waals surface area contributed by atoms with Crippen molar-refractivity contribution in [3.05, 3.63) is 0 Å². The Balaban J connectivity index is 1.94. The summed E-state index contributed by atoms with van der Waals surface area (Å²) < 4.78 is 0. The summed E-state index contributed by atoms with van der Waals surface area (Å²) >= 11 is 0. The Bertz CT molecular complexity index is 390. The van der Waals surface area contributed by atoms with E-state index in [4.69, 9.17) is 5.11 Å². The van der Waals surface area contributed by atoms with Gasteiger partial charge in [0.25, 0.3) is 0 Å². The zero-order valence-electron chi connectivity index (χ0n) is 11.2. The zero-order chi connectivity index (χ0) is 14.0. The molecule has 1 unspecified atom stereocenters. The Kier molecular flexibility index (Phi) is 4.07. The molecule has 0 bridgehead atoms. The summed E-state index contributed by atoms with van der Waals surface area (Å²) in [7, 11) is 1.47. The summed E-state index contributed by atoms with van der Waals surface area (Å²) in [5, 5.41) is 8.68. The summed E-state index contributed by atoms with van der Waals surface area (Å²) in [6.07, 6.45) is 4.56. The molecule has 1 aliphatic carbocycles. The highest BCUT2D eigenvalue weighted by Gasteiger charge is 2.39. The van der Waals surface area contributed by atoms with E-state index in [-0.39, 0.29) is 36.7 Å². The monoisotopic (exact) mass is 268 g/mol. The third kappa shape index (κ3) is 3.05. The van der Waals surface area contributed by atoms with Gasteiger partial charge in [-0.2, -0.15) is 0 Å². The van der Waals surface area contributed by atoms with Crippen LogP contribution in [0, 0.1) is 5.92 Å². The summed E-state index contributed by atoms with van der Waals surface area (Å²) in [4.78, 5) is 37.6. The number of carbonyl (C=O) groups excluding carboxylic acids is 2. The first kappa shape index (κ1) is 13.8. The number of rotatable bonds is 4. The molecule has 0 radical (unpaired) electrons. The average molecular weight is 268 g/mol. The smallest absolute Gasteiger partial charge is 0.323 e. The molecule has 6 nitrogen and oxygen atoms in total. The summed E-state index contributed by atoms with van der Waals surface area (Å²) in [6, 6.07) is 0.287. The maximum absolute atomic E-state index is 12.1. The second kappa shape index (κ2) is 5.59. The van der Waals surface area contributed by atoms with Crippen LogP contribution in [0.5, 0.6) is 0 Å². The van der Waals surface area contributed by atoms with Crippen molar-refractivity contribution in [2.45, 2.75) is 38.1 Å². The summed E-state index contributed by atoms with van der Waals surface area (Å²) in [6.45, 7) is 0.138. The lowest BCUT2D eigenvalue weighted by molar-refractivity contribution is -0.145. The van der Waals surface area contributed by atoms with Gasteiger partial charge in [-0.25, -0.2) is 0 Å². The standard InChI is InChI=1S/C13H20N2O4/c1-14(8-12(17)18)13(19)9-6-11(16)15(7-9)10-4-2-3-5-10/h9-10H,2-8H2,1H3,(H,17,18). The highest BCUT2D eigenvalue weighted by Crippen LogP contribution is 2.29. The number of nitrogens with zero attached hydrogens (tertiary/aromatic N) is 2. The van der Waals surface area contributed by atoms with E-state index in [2.05, 4.69) is 0 Å². The largest absolute Gasteiger partial charge is 0.480 e. The van der Waals surface area contributed by atoms with Crippen LogP contribution >= 0.6 is 0 Å². The van der Waals surface area contributed by atoms with Crippen LogP contribution < -0.4 is 0 Å². The number of aliphatic carboxylic acids is 1. The van der Waals surface area contributed by atoms with E-state index in [1.54, 1.807) is 0 Å². The highest BCUT2D eigenvalue weighted by atomic mass is 16.4. The van der Waals surface area contributed by atoms with Crippen molar-refractivity contribution in [3.63, 3.8) is 0 Å². The van der Waals surface area contributed by atoms with Gasteiger partial charge in [0.2, 0.25) is 11.8 Å². The first-order valence-corrected chi connectivity index (χ1v) is 6.75. The minimum absolute atomic E-state index is 0.0361. The Morgan fingerprint density at radius 2 is 2.00 bits per heavy atom. The van der Waals surface area contributed by atoms with Gasteiger partial charge in [0, 0.05) is 26.1 Å². The van der Waals surface area contributed by atoms with Crippen molar-refractivity contribution in [1.29, 1.82) is 0 Å². The van der Waals surface area contributed by atoms with Gasteiger partial charge in [-0.3, -0.25) is 14.4 Å². The molecule has 0 spiro atoms. The van der Waals surface area contributed by atoms with Crippen LogP contribution in [0.1, 0.15) is 32.1 Å². The third-order valence-corrected chi connectivity index (χ3v) is 4.02. The molecule has 1 saturated heterocycles. The Morgan fingerprint density at radius 1 is 1.37 bits per heavy atom. The number of carboxylic acids is 1. The number of amides is 2. The van der Waals surface area contributed by atoms with Crippen LogP contribution in [0.3, 0.4) is 0 Å². The average Bonchev–Trinajstić information content (AvgIpc) is 2.95. The molecule has 0 aromatic heterocycles. The van der Waals surface area contributed by atoms with Gasteiger partial charge in [-0.1, -0.05) is 12.8 Å². The SMILES string of the molecule is CN(CC(=O)O)C(=O)C1CC(=O)N(C2CCCC2)C1. The molecule has 106 valence electrons. The molecule has 1 N–H and O–H groups in total. The molecule has 6 heteroatoms. The molecule has 2 fully saturated rings. The number of hydrogen-bond acceptors (Lipinski definition) is 3. The molecule has 1 aliphatic heterocycles. The fraction of sp³-hybridized carbons (Fsp3) is 0.769. The highest BCUT2D eigenvalue weighted by molar-refractivity contribution is 5.90. The minimum atomic E-state index is -1.03. The third-order valence-electron chi connectivity index (χ3n) is 4.02. The maximum Gasteiger partial charge on any atom is 0.323 e. The zero-order valence-corrected chi connectivity index (χ0v) is 11.2. The minimum Gasteiger partial charge on any atom is -0.480 e. The van der Waals surface area contributed by atoms with Crippen LogP contribution in [-0.2, 0) is 14.4 Å². The van der Waals surface area contributed by atoms with E-state index in [1.807, 2.05) is 4.90 Å². The first-order valence-electron chi connectivity index (χ1n) is 6.75. The molecular weight excluding hydrogens is 248 g/mol. The lowest BCUT2D eigenvalue weighted by Gasteiger charge is -2.24. The molecule has 2 aliphatic rings. The van der Waals surface area contributed by atoms with E-state index >= 15 is 0 Å². The second-order valence-corrected chi connectivity index (χ2v) is 5.47. The molecule has 2 rings (SSSR count). The van der Waals surface area contributed by atoms with Crippen LogP contribution in [0.4, 0.5) is 0 Å². The molecular formula is C13H20N2O4.